The molecular weight excluding hydrogens is 240 g/mol. The van der Waals surface area contributed by atoms with Crippen molar-refractivity contribution in [3.63, 3.8) is 0 Å². The van der Waals surface area contributed by atoms with Crippen molar-refractivity contribution in [1.29, 1.82) is 0 Å². The van der Waals surface area contributed by atoms with Gasteiger partial charge in [0.2, 0.25) is 0 Å². The van der Waals surface area contributed by atoms with Gasteiger partial charge in [0.25, 0.3) is 0 Å². The van der Waals surface area contributed by atoms with E-state index in [9.17, 15) is 0 Å². The Morgan fingerprint density at radius 1 is 1.42 bits per heavy atom. The average molecular weight is 270 g/mol. The third kappa shape index (κ3) is 4.42. The second kappa shape index (κ2) is 7.58. The van der Waals surface area contributed by atoms with Gasteiger partial charge in [-0.3, -0.25) is 4.90 Å². The highest BCUT2D eigenvalue weighted by molar-refractivity contribution is 4.82. The summed E-state index contributed by atoms with van der Waals surface area (Å²) in [7, 11) is 1.84. The van der Waals surface area contributed by atoms with Crippen molar-refractivity contribution in [2.75, 3.05) is 39.9 Å². The number of rotatable bonds is 6. The molecule has 2 rings (SSSR count). The van der Waals surface area contributed by atoms with E-state index in [1.165, 1.54) is 25.8 Å². The van der Waals surface area contributed by atoms with Crippen molar-refractivity contribution < 1.29 is 9.47 Å². The van der Waals surface area contributed by atoms with Gasteiger partial charge in [0.05, 0.1) is 12.2 Å². The summed E-state index contributed by atoms with van der Waals surface area (Å²) < 4.78 is 11.2. The predicted octanol–water partition coefficient (Wildman–Crippen LogP) is 1.50. The van der Waals surface area contributed by atoms with Gasteiger partial charge in [0.15, 0.2) is 0 Å². The highest BCUT2D eigenvalue weighted by atomic mass is 16.5. The van der Waals surface area contributed by atoms with Crippen LogP contribution in [0, 0.1) is 5.92 Å². The van der Waals surface area contributed by atoms with E-state index in [4.69, 9.17) is 9.47 Å². The highest BCUT2D eigenvalue weighted by Crippen LogP contribution is 2.20. The van der Waals surface area contributed by atoms with Crippen LogP contribution in [0.1, 0.15) is 33.1 Å². The average Bonchev–Trinajstić information content (AvgIpc) is 2.92. The maximum atomic E-state index is 5.63. The second-order valence-electron chi connectivity index (χ2n) is 6.18. The minimum atomic E-state index is 0.398. The number of piperidine rings is 1. The summed E-state index contributed by atoms with van der Waals surface area (Å²) in [5.74, 6) is 0.688. The molecule has 4 heteroatoms. The first-order valence-corrected chi connectivity index (χ1v) is 7.80. The van der Waals surface area contributed by atoms with Gasteiger partial charge in [-0.2, -0.15) is 0 Å². The van der Waals surface area contributed by atoms with Crippen molar-refractivity contribution in [1.82, 2.24) is 10.2 Å². The molecule has 2 heterocycles. The van der Waals surface area contributed by atoms with Gasteiger partial charge in [0.1, 0.15) is 0 Å². The van der Waals surface area contributed by atoms with Crippen LogP contribution in [0.4, 0.5) is 0 Å². The van der Waals surface area contributed by atoms with Gasteiger partial charge in [-0.25, -0.2) is 0 Å². The number of methoxy groups -OCH3 is 1. The van der Waals surface area contributed by atoms with Crippen LogP contribution in [0.3, 0.4) is 0 Å². The van der Waals surface area contributed by atoms with E-state index in [-0.39, 0.29) is 0 Å². The molecule has 0 aliphatic carbocycles. The van der Waals surface area contributed by atoms with Crippen molar-refractivity contribution in [3.05, 3.63) is 0 Å². The van der Waals surface area contributed by atoms with Crippen LogP contribution < -0.4 is 5.32 Å². The lowest BCUT2D eigenvalue weighted by molar-refractivity contribution is -0.0167. The zero-order valence-corrected chi connectivity index (χ0v) is 12.7. The first-order valence-electron chi connectivity index (χ1n) is 7.80. The molecule has 4 unspecified atom stereocenters. The molecular formula is C15H30N2O2. The van der Waals surface area contributed by atoms with Crippen LogP contribution in [0.5, 0.6) is 0 Å². The van der Waals surface area contributed by atoms with Gasteiger partial charge in [-0.1, -0.05) is 6.92 Å². The third-order valence-corrected chi connectivity index (χ3v) is 4.68. The van der Waals surface area contributed by atoms with Crippen molar-refractivity contribution >= 4 is 0 Å². The Balaban J connectivity index is 1.66. The lowest BCUT2D eigenvalue weighted by atomic mass is 9.95. The fourth-order valence-electron chi connectivity index (χ4n) is 3.15. The summed E-state index contributed by atoms with van der Waals surface area (Å²) in [6.45, 7) is 9.87. The van der Waals surface area contributed by atoms with Gasteiger partial charge in [-0.15, -0.1) is 0 Å². The molecule has 4 atom stereocenters. The SMILES string of the molecule is COC1CN(C(C)CNCC2CCCO2)CCC1C. The van der Waals surface area contributed by atoms with E-state index in [0.717, 1.165) is 26.2 Å². The predicted molar refractivity (Wildman–Crippen MR) is 77.5 cm³/mol. The molecule has 2 saturated heterocycles. The Hall–Kier alpha value is -0.160. The highest BCUT2D eigenvalue weighted by Gasteiger charge is 2.28. The monoisotopic (exact) mass is 270 g/mol. The number of hydrogen-bond acceptors (Lipinski definition) is 4. The number of nitrogens with one attached hydrogen (secondary N) is 1. The quantitative estimate of drug-likeness (QED) is 0.793. The van der Waals surface area contributed by atoms with Gasteiger partial charge >= 0.3 is 0 Å². The molecule has 0 aromatic heterocycles. The van der Waals surface area contributed by atoms with Crippen LogP contribution >= 0.6 is 0 Å². The van der Waals surface area contributed by atoms with Gasteiger partial charge in [-0.05, 0) is 38.6 Å². The smallest absolute Gasteiger partial charge is 0.0724 e. The van der Waals surface area contributed by atoms with E-state index >= 15 is 0 Å². The van der Waals surface area contributed by atoms with Crippen LogP contribution in [0.25, 0.3) is 0 Å². The molecule has 4 nitrogen and oxygen atoms in total. The van der Waals surface area contributed by atoms with E-state index in [1.54, 1.807) is 0 Å². The Bertz CT molecular complexity index is 257. The molecule has 1 N–H and O–H groups in total. The number of likely N-dealkylation sites (tertiary alicyclic amines) is 1. The molecule has 2 aliphatic heterocycles. The molecule has 0 radical (unpaired) electrons. The zero-order chi connectivity index (χ0) is 13.7. The Morgan fingerprint density at radius 2 is 2.26 bits per heavy atom. The number of nitrogens with zero attached hydrogens (tertiary/aromatic N) is 1. The maximum absolute atomic E-state index is 5.63. The molecule has 0 amide bonds. The van der Waals surface area contributed by atoms with Crippen LogP contribution in [-0.4, -0.2) is 63.0 Å². The molecule has 19 heavy (non-hydrogen) atoms. The lowest BCUT2D eigenvalue weighted by Gasteiger charge is -2.39. The molecule has 0 bridgehead atoms. The fourth-order valence-corrected chi connectivity index (χ4v) is 3.15. The molecule has 2 fully saturated rings. The Labute approximate surface area is 117 Å². The van der Waals surface area contributed by atoms with E-state index in [1.807, 2.05) is 7.11 Å². The molecule has 0 saturated carbocycles. The Morgan fingerprint density at radius 3 is 2.95 bits per heavy atom. The van der Waals surface area contributed by atoms with Crippen molar-refractivity contribution in [2.24, 2.45) is 5.92 Å². The largest absolute Gasteiger partial charge is 0.380 e. The maximum Gasteiger partial charge on any atom is 0.0724 e. The second-order valence-corrected chi connectivity index (χ2v) is 6.18. The standard InChI is InChI=1S/C15H30N2O2/c1-12-6-7-17(11-15(12)18-3)13(2)9-16-10-14-5-4-8-19-14/h12-16H,4-11H2,1-3H3. The summed E-state index contributed by atoms with van der Waals surface area (Å²) in [4.78, 5) is 2.55. The molecule has 0 aromatic carbocycles. The summed E-state index contributed by atoms with van der Waals surface area (Å²) in [5, 5.41) is 3.56. The van der Waals surface area contributed by atoms with Gasteiger partial charge in [0, 0.05) is 39.4 Å². The summed E-state index contributed by atoms with van der Waals surface area (Å²) >= 11 is 0. The lowest BCUT2D eigenvalue weighted by Crippen LogP contribution is -2.50. The fraction of sp³-hybridized carbons (Fsp3) is 1.00. The molecule has 112 valence electrons. The normalized spacial score (nSPS) is 34.6. The molecule has 0 spiro atoms. The Kier molecular flexibility index (Phi) is 6.07. The summed E-state index contributed by atoms with van der Waals surface area (Å²) in [6.07, 6.45) is 4.53. The summed E-state index contributed by atoms with van der Waals surface area (Å²) in [5.41, 5.74) is 0. The van der Waals surface area contributed by atoms with E-state index in [2.05, 4.69) is 24.1 Å². The van der Waals surface area contributed by atoms with Crippen molar-refractivity contribution in [2.45, 2.75) is 51.4 Å². The van der Waals surface area contributed by atoms with Crippen LogP contribution in [0.2, 0.25) is 0 Å². The zero-order valence-electron chi connectivity index (χ0n) is 12.7. The minimum Gasteiger partial charge on any atom is -0.380 e. The summed E-state index contributed by atoms with van der Waals surface area (Å²) in [6, 6.07) is 0.576. The minimum absolute atomic E-state index is 0.398. The first-order chi connectivity index (χ1) is 9.20. The number of ether oxygens (including phenoxy) is 2. The third-order valence-electron chi connectivity index (χ3n) is 4.68. The number of hydrogen-bond donors (Lipinski definition) is 1. The molecule has 0 aromatic rings. The van der Waals surface area contributed by atoms with Gasteiger partial charge < -0.3 is 14.8 Å². The van der Waals surface area contributed by atoms with Crippen molar-refractivity contribution in [3.8, 4) is 0 Å². The topological polar surface area (TPSA) is 33.7 Å². The van der Waals surface area contributed by atoms with Crippen LogP contribution in [0.15, 0.2) is 0 Å². The van der Waals surface area contributed by atoms with E-state index in [0.29, 0.717) is 24.2 Å². The van der Waals surface area contributed by atoms with E-state index < -0.39 is 0 Å². The van der Waals surface area contributed by atoms with Crippen LogP contribution in [-0.2, 0) is 9.47 Å². The first kappa shape index (κ1) is 15.2. The molecule has 2 aliphatic rings.